The Balaban J connectivity index is 3.02. The number of nitrogens with zero attached hydrogens (tertiary/aromatic N) is 2. The van der Waals surface area contributed by atoms with Crippen molar-refractivity contribution in [3.8, 4) is 0 Å². The molecule has 14 heavy (non-hydrogen) atoms. The Bertz CT molecular complexity index is 560. The summed E-state index contributed by atoms with van der Waals surface area (Å²) in [5.74, 6) is 0. The van der Waals surface area contributed by atoms with E-state index in [4.69, 9.17) is 11.6 Å². The van der Waals surface area contributed by atoms with Crippen LogP contribution in [-0.2, 0) is 7.05 Å². The molecule has 0 bridgehead atoms. The first kappa shape index (κ1) is 9.21. The van der Waals surface area contributed by atoms with Crippen molar-refractivity contribution in [3.63, 3.8) is 0 Å². The Labute approximate surface area is 86.0 Å². The fourth-order valence-electron chi connectivity index (χ4n) is 1.46. The summed E-state index contributed by atoms with van der Waals surface area (Å²) in [5, 5.41) is 0.444. The van der Waals surface area contributed by atoms with Crippen LogP contribution in [0.15, 0.2) is 23.0 Å². The SMILES string of the molecule is Cc1cc(=O)n(C)c2ccc(Cl)nc12. The average Bonchev–Trinajstić information content (AvgIpc) is 2.14. The maximum Gasteiger partial charge on any atom is 0.251 e. The summed E-state index contributed by atoms with van der Waals surface area (Å²) in [7, 11) is 1.72. The minimum atomic E-state index is -0.0286. The zero-order valence-corrected chi connectivity index (χ0v) is 8.67. The summed E-state index contributed by atoms with van der Waals surface area (Å²) in [5.41, 5.74) is 2.41. The van der Waals surface area contributed by atoms with Crippen LogP contribution in [0.3, 0.4) is 0 Å². The monoisotopic (exact) mass is 208 g/mol. The molecule has 0 unspecified atom stereocenters. The number of halogens is 1. The van der Waals surface area contributed by atoms with E-state index in [2.05, 4.69) is 4.98 Å². The fourth-order valence-corrected chi connectivity index (χ4v) is 1.61. The molecule has 3 nitrogen and oxygen atoms in total. The maximum absolute atomic E-state index is 11.4. The number of rotatable bonds is 0. The lowest BCUT2D eigenvalue weighted by Crippen LogP contribution is -2.16. The molecule has 0 amide bonds. The summed E-state index contributed by atoms with van der Waals surface area (Å²) in [6, 6.07) is 5.05. The molecule has 72 valence electrons. The Morgan fingerprint density at radius 3 is 2.86 bits per heavy atom. The number of hydrogen-bond donors (Lipinski definition) is 0. The first-order valence-corrected chi connectivity index (χ1v) is 4.60. The van der Waals surface area contributed by atoms with Crippen LogP contribution >= 0.6 is 11.6 Å². The molecule has 0 saturated heterocycles. The van der Waals surface area contributed by atoms with Crippen molar-refractivity contribution >= 4 is 22.6 Å². The third-order valence-electron chi connectivity index (χ3n) is 2.25. The minimum absolute atomic E-state index is 0.0286. The van der Waals surface area contributed by atoms with E-state index in [0.717, 1.165) is 16.6 Å². The van der Waals surface area contributed by atoms with Crippen molar-refractivity contribution in [2.24, 2.45) is 7.05 Å². The highest BCUT2D eigenvalue weighted by atomic mass is 35.5. The molecule has 0 N–H and O–H groups in total. The first-order chi connectivity index (χ1) is 6.59. The van der Waals surface area contributed by atoms with Gasteiger partial charge in [0.05, 0.1) is 11.0 Å². The standard InChI is InChI=1S/C10H9ClN2O/c1-6-5-9(14)13(2)7-3-4-8(11)12-10(6)7/h3-5H,1-2H3. The Kier molecular flexibility index (Phi) is 2.04. The number of aromatic nitrogens is 2. The van der Waals surface area contributed by atoms with Gasteiger partial charge in [-0.15, -0.1) is 0 Å². The van der Waals surface area contributed by atoms with E-state index < -0.39 is 0 Å². The van der Waals surface area contributed by atoms with Crippen LogP contribution in [-0.4, -0.2) is 9.55 Å². The van der Waals surface area contributed by atoms with Gasteiger partial charge in [-0.3, -0.25) is 4.79 Å². The summed E-state index contributed by atoms with van der Waals surface area (Å²) >= 11 is 5.78. The second kappa shape index (κ2) is 3.10. The van der Waals surface area contributed by atoms with Gasteiger partial charge in [-0.1, -0.05) is 11.6 Å². The second-order valence-corrected chi connectivity index (χ2v) is 3.61. The lowest BCUT2D eigenvalue weighted by Gasteiger charge is -2.05. The van der Waals surface area contributed by atoms with E-state index in [9.17, 15) is 4.79 Å². The van der Waals surface area contributed by atoms with Crippen molar-refractivity contribution in [1.29, 1.82) is 0 Å². The third-order valence-corrected chi connectivity index (χ3v) is 2.46. The van der Waals surface area contributed by atoms with E-state index in [-0.39, 0.29) is 5.56 Å². The number of aryl methyl sites for hydroxylation is 2. The molecule has 2 aromatic rings. The molecule has 0 saturated carbocycles. The van der Waals surface area contributed by atoms with Gasteiger partial charge in [-0.25, -0.2) is 4.98 Å². The molecule has 2 rings (SSSR count). The highest BCUT2D eigenvalue weighted by Gasteiger charge is 2.04. The van der Waals surface area contributed by atoms with Gasteiger partial charge in [-0.05, 0) is 24.6 Å². The molecular weight excluding hydrogens is 200 g/mol. The van der Waals surface area contributed by atoms with Crippen molar-refractivity contribution in [2.45, 2.75) is 6.92 Å². The molecule has 0 spiro atoms. The van der Waals surface area contributed by atoms with Crippen molar-refractivity contribution in [2.75, 3.05) is 0 Å². The fraction of sp³-hybridized carbons (Fsp3) is 0.200. The molecule has 4 heteroatoms. The van der Waals surface area contributed by atoms with E-state index >= 15 is 0 Å². The van der Waals surface area contributed by atoms with Gasteiger partial charge in [-0.2, -0.15) is 0 Å². The molecule has 0 aliphatic heterocycles. The number of hydrogen-bond acceptors (Lipinski definition) is 2. The van der Waals surface area contributed by atoms with Gasteiger partial charge in [0.25, 0.3) is 5.56 Å². The predicted molar refractivity (Wildman–Crippen MR) is 56.7 cm³/mol. The maximum atomic E-state index is 11.4. The van der Waals surface area contributed by atoms with E-state index in [1.165, 1.54) is 0 Å². The van der Waals surface area contributed by atoms with Gasteiger partial charge >= 0.3 is 0 Å². The summed E-state index contributed by atoms with van der Waals surface area (Å²) in [4.78, 5) is 15.6. The molecular formula is C10H9ClN2O. The largest absolute Gasteiger partial charge is 0.310 e. The molecule has 0 aromatic carbocycles. The normalized spacial score (nSPS) is 10.8. The molecule has 0 radical (unpaired) electrons. The summed E-state index contributed by atoms with van der Waals surface area (Å²) in [6.45, 7) is 1.85. The highest BCUT2D eigenvalue weighted by Crippen LogP contribution is 2.16. The summed E-state index contributed by atoms with van der Waals surface area (Å²) in [6.07, 6.45) is 0. The van der Waals surface area contributed by atoms with Crippen LogP contribution in [0.25, 0.3) is 11.0 Å². The topological polar surface area (TPSA) is 34.9 Å². The van der Waals surface area contributed by atoms with E-state index in [0.29, 0.717) is 5.15 Å². The second-order valence-electron chi connectivity index (χ2n) is 3.23. The van der Waals surface area contributed by atoms with Crippen LogP contribution in [0.4, 0.5) is 0 Å². The van der Waals surface area contributed by atoms with Crippen molar-refractivity contribution in [3.05, 3.63) is 39.3 Å². The number of fused-ring (bicyclic) bond motifs is 1. The van der Waals surface area contributed by atoms with Gasteiger partial charge in [0.1, 0.15) is 5.15 Å². The first-order valence-electron chi connectivity index (χ1n) is 4.22. The third kappa shape index (κ3) is 1.30. The zero-order chi connectivity index (χ0) is 10.3. The van der Waals surface area contributed by atoms with Crippen LogP contribution in [0.2, 0.25) is 5.15 Å². The van der Waals surface area contributed by atoms with Gasteiger partial charge < -0.3 is 4.57 Å². The van der Waals surface area contributed by atoms with Crippen LogP contribution in [0.1, 0.15) is 5.56 Å². The molecule has 2 heterocycles. The van der Waals surface area contributed by atoms with Crippen molar-refractivity contribution in [1.82, 2.24) is 9.55 Å². The number of pyridine rings is 2. The predicted octanol–water partition coefficient (Wildman–Crippen LogP) is 1.90. The lowest BCUT2D eigenvalue weighted by molar-refractivity contribution is 0.899. The highest BCUT2D eigenvalue weighted by molar-refractivity contribution is 6.29. The Morgan fingerprint density at radius 1 is 1.43 bits per heavy atom. The lowest BCUT2D eigenvalue weighted by atomic mass is 10.2. The van der Waals surface area contributed by atoms with Gasteiger partial charge in [0, 0.05) is 13.1 Å². The molecule has 0 fully saturated rings. The molecule has 0 atom stereocenters. The van der Waals surface area contributed by atoms with Crippen molar-refractivity contribution < 1.29 is 0 Å². The Hall–Kier alpha value is -1.35. The molecule has 2 aromatic heterocycles. The van der Waals surface area contributed by atoms with E-state index in [1.807, 2.05) is 6.92 Å². The smallest absolute Gasteiger partial charge is 0.251 e. The van der Waals surface area contributed by atoms with Crippen LogP contribution in [0.5, 0.6) is 0 Å². The zero-order valence-electron chi connectivity index (χ0n) is 7.91. The van der Waals surface area contributed by atoms with Gasteiger partial charge in [0.15, 0.2) is 0 Å². The van der Waals surface area contributed by atoms with Crippen LogP contribution < -0.4 is 5.56 Å². The summed E-state index contributed by atoms with van der Waals surface area (Å²) < 4.78 is 1.56. The Morgan fingerprint density at radius 2 is 2.14 bits per heavy atom. The van der Waals surface area contributed by atoms with E-state index in [1.54, 1.807) is 29.8 Å². The minimum Gasteiger partial charge on any atom is -0.310 e. The van der Waals surface area contributed by atoms with Gasteiger partial charge in [0.2, 0.25) is 0 Å². The molecule has 0 aliphatic rings. The average molecular weight is 209 g/mol. The quantitative estimate of drug-likeness (QED) is 0.620. The molecule has 0 aliphatic carbocycles. The van der Waals surface area contributed by atoms with Crippen LogP contribution in [0, 0.1) is 6.92 Å².